The zero-order chi connectivity index (χ0) is 115. The van der Waals surface area contributed by atoms with Crippen LogP contribution in [0.1, 0.15) is 285 Å². The first-order valence-electron chi connectivity index (χ1n) is 49.3. The number of methoxy groups -OCH3 is 1. The number of anilines is 4. The number of carbonyl (C=O) groups is 3. The summed E-state index contributed by atoms with van der Waals surface area (Å²) in [7, 11) is 1.37. The van der Waals surface area contributed by atoms with Crippen molar-refractivity contribution in [2.24, 2.45) is 0 Å². The number of nitrogens with one attached hydrogen (secondary N) is 2. The van der Waals surface area contributed by atoms with Gasteiger partial charge in [0.25, 0.3) is 10.2 Å². The summed E-state index contributed by atoms with van der Waals surface area (Å²) < 4.78 is 154. The molecule has 3 amide bonds. The minimum Gasteiger partial charge on any atom is -0.452 e. The molecule has 0 aliphatic heterocycles. The lowest BCUT2D eigenvalue weighted by Gasteiger charge is -2.24. The van der Waals surface area contributed by atoms with Crippen molar-refractivity contribution >= 4 is 101 Å². The molecule has 2 N–H and O–H groups in total. The van der Waals surface area contributed by atoms with Crippen LogP contribution in [0.4, 0.5) is 27.5 Å². The lowest BCUT2D eigenvalue weighted by molar-refractivity contribution is -0.118. The van der Waals surface area contributed by atoms with Crippen LogP contribution in [0.15, 0.2) is 218 Å². The second kappa shape index (κ2) is 56.7. The summed E-state index contributed by atoms with van der Waals surface area (Å²) in [6, 6.07) is 71.2. The quantitative estimate of drug-likeness (QED) is 0.0637. The molecular formula is C116H182N10O16S6. The number of amides is 3. The lowest BCUT2D eigenvalue weighted by Crippen LogP contribution is -2.37. The molecule has 32 heteroatoms. The maximum absolute atomic E-state index is 12.0. The smallest absolute Gasteiger partial charge is 0.413 e. The number of sulfone groups is 1. The molecule has 0 aliphatic rings. The molecule has 26 nitrogen and oxygen atoms in total. The highest BCUT2D eigenvalue weighted by molar-refractivity contribution is 7.90. The number of hydrogen-bond acceptors (Lipinski definition) is 16. The molecule has 9 aromatic carbocycles. The Morgan fingerprint density at radius 2 is 0.480 bits per heavy atom. The lowest BCUT2D eigenvalue weighted by atomic mass is 9.87. The molecule has 828 valence electrons. The van der Waals surface area contributed by atoms with E-state index in [0.29, 0.717) is 25.2 Å². The highest BCUT2D eigenvalue weighted by Gasteiger charge is 2.27. The van der Waals surface area contributed by atoms with Crippen molar-refractivity contribution in [1.29, 1.82) is 0 Å². The molecule has 0 atom stereocenters. The molecule has 0 unspecified atom stereocenters. The Morgan fingerprint density at radius 3 is 0.676 bits per heavy atom. The van der Waals surface area contributed by atoms with Gasteiger partial charge in [0.2, 0.25) is 41.9 Å². The van der Waals surface area contributed by atoms with Gasteiger partial charge in [-0.05, 0) is 175 Å². The van der Waals surface area contributed by atoms with E-state index in [1.165, 1.54) is 114 Å². The molecule has 0 spiro atoms. The van der Waals surface area contributed by atoms with Crippen LogP contribution >= 0.6 is 0 Å². The fourth-order valence-electron chi connectivity index (χ4n) is 13.0. The number of benzene rings is 9. The summed E-state index contributed by atoms with van der Waals surface area (Å²) in [5.74, 6) is 0.439. The van der Waals surface area contributed by atoms with Crippen molar-refractivity contribution in [3.8, 4) is 0 Å². The van der Waals surface area contributed by atoms with Crippen molar-refractivity contribution in [3.05, 3.63) is 296 Å². The molecule has 148 heavy (non-hydrogen) atoms. The summed E-state index contributed by atoms with van der Waals surface area (Å²) >= 11 is 0. The summed E-state index contributed by atoms with van der Waals surface area (Å²) in [4.78, 5) is 38.8. The summed E-state index contributed by atoms with van der Waals surface area (Å²) in [6.07, 6.45) is 2.60. The van der Waals surface area contributed by atoms with E-state index in [2.05, 4.69) is 225 Å². The fourth-order valence-corrected chi connectivity index (χ4v) is 17.4. The zero-order valence-corrected chi connectivity index (χ0v) is 102. The molecule has 0 fully saturated rings. The predicted octanol–water partition coefficient (Wildman–Crippen LogP) is 22.9. The second-order valence-corrected chi connectivity index (χ2v) is 59.4. The third kappa shape index (κ3) is 50.1. The number of sulfonamides is 3. The van der Waals surface area contributed by atoms with E-state index >= 15 is 0 Å². The first-order chi connectivity index (χ1) is 66.8. The van der Waals surface area contributed by atoms with E-state index in [1.807, 2.05) is 208 Å². The van der Waals surface area contributed by atoms with Crippen LogP contribution in [-0.2, 0) is 154 Å². The molecule has 0 bridgehead atoms. The average Bonchev–Trinajstić information content (AvgIpc) is 0.808. The van der Waals surface area contributed by atoms with Crippen LogP contribution in [0.25, 0.3) is 0 Å². The normalized spacial score (nSPS) is 12.4. The van der Waals surface area contributed by atoms with Crippen LogP contribution in [0.3, 0.4) is 0 Å². The number of hydrogen-bond donors (Lipinski definition) is 2. The first-order valence-corrected chi connectivity index (χ1v) is 59.3. The van der Waals surface area contributed by atoms with E-state index < -0.39 is 60.3 Å². The third-order valence-corrected chi connectivity index (χ3v) is 32.1. The van der Waals surface area contributed by atoms with Crippen molar-refractivity contribution < 1.29 is 69.6 Å². The van der Waals surface area contributed by atoms with E-state index in [4.69, 9.17) is 0 Å². The summed E-state index contributed by atoms with van der Waals surface area (Å²) in [5, 5.41) is 0. The number of ether oxygens (including phenoxy) is 1. The Balaban J connectivity index is 0.000000833. The molecular weight excluding hydrogens is 1980 g/mol. The maximum atomic E-state index is 12.0. The first kappa shape index (κ1) is 136. The van der Waals surface area contributed by atoms with Crippen LogP contribution in [0.5, 0.6) is 0 Å². The zero-order valence-electron chi connectivity index (χ0n) is 97.6. The van der Waals surface area contributed by atoms with Gasteiger partial charge in [0.15, 0.2) is 9.84 Å². The predicted molar refractivity (Wildman–Crippen MR) is 623 cm³/mol. The molecule has 0 aromatic heterocycles. The monoisotopic (exact) mass is 2160 g/mol. The van der Waals surface area contributed by atoms with Crippen molar-refractivity contribution in [3.63, 3.8) is 0 Å². The van der Waals surface area contributed by atoms with Crippen LogP contribution < -0.4 is 28.4 Å². The van der Waals surface area contributed by atoms with Gasteiger partial charge in [-0.25, -0.2) is 51.8 Å². The third-order valence-electron chi connectivity index (χ3n) is 23.7. The maximum Gasteiger partial charge on any atom is 0.413 e. The molecule has 0 radical (unpaired) electrons. The Hall–Kier alpha value is -9.55. The minimum absolute atomic E-state index is 0.0542. The van der Waals surface area contributed by atoms with E-state index in [0.717, 1.165) is 55.4 Å². The van der Waals surface area contributed by atoms with Crippen molar-refractivity contribution in [2.75, 3.05) is 123 Å². The van der Waals surface area contributed by atoms with Crippen molar-refractivity contribution in [2.45, 2.75) is 286 Å². The molecule has 0 saturated carbocycles. The van der Waals surface area contributed by atoms with Crippen LogP contribution in [0.2, 0.25) is 0 Å². The van der Waals surface area contributed by atoms with Crippen LogP contribution in [0, 0.1) is 0 Å². The number of rotatable bonds is 22. The van der Waals surface area contributed by atoms with Crippen LogP contribution in [-0.4, -0.2) is 190 Å². The van der Waals surface area contributed by atoms with E-state index in [-0.39, 0.29) is 83.9 Å². The highest BCUT2D eigenvalue weighted by Crippen LogP contribution is 2.33. The fraction of sp³-hybridized carbons (Fsp3) is 0.509. The second-order valence-electron chi connectivity index (χ2n) is 46.9. The van der Waals surface area contributed by atoms with E-state index in [1.54, 1.807) is 66.1 Å². The summed E-state index contributed by atoms with van der Waals surface area (Å²) in [5.41, 5.74) is 20.0. The minimum atomic E-state index is -3.41. The van der Waals surface area contributed by atoms with Gasteiger partial charge < -0.3 is 14.5 Å². The SMILES string of the molecule is CC(=O)N(C)c1ccc(C(C)(C)C)cc1.CC(C)(C)c1ccc(CNS(C)(=O)=O)cc1.CC(C)(C)c1ccc(CS(C)(=O)=O)cc1.CCC(=O)N(C)c1ccc(C(C)(C)C)cc1.CN(C)S(=O)(=O)Cc1ccc(C(C)(C)C)cc1.CN(C)S(=O)(=O)Cc1ccc(C(C)(C)C)cc1.CN(C)S(=O)(=O)N(C)c1ccc(C(C)(C)C)cc1.CN(C)S(=O)(=O)NCc1ccc(C(C)(C)C)cc1.COC(=O)N(C)c1ccc(C(C)(C)C)cc1. The topological polar surface area (TPSA) is 315 Å². The van der Waals surface area contributed by atoms with Gasteiger partial charge in [-0.2, -0.15) is 30.2 Å². The molecule has 9 aromatic rings. The Labute approximate surface area is 896 Å². The molecule has 0 heterocycles. The average molecular weight is 2170 g/mol. The number of carbonyl (C=O) groups excluding carboxylic acids is 3. The van der Waals surface area contributed by atoms with Gasteiger partial charge in [-0.15, -0.1) is 0 Å². The standard InChI is InChI=1S/C14H21NO.2C13H22N2O2S.2C13H21NO2S.C13H19NO2.C13H19NO.C12H19NO2S.C12H18O2S/c1-6-13(16)15(5)12-9-7-11(8-10-12)14(2,3)4;1-13(2,3)11-7-9-12(10-8-11)15(6)18(16,17)14(4)5;1-13(2,3)12-8-6-11(7-9-12)10-14-18(16,17)15(4)5;2*1-13(2,3)12-8-6-11(7-9-12)10-17(15,16)14(4)5;1-13(2,3)10-6-8-11(9-7-10)14(4)12(15)16-5;1-10(15)14(5)12-8-6-11(7-9-12)13(2,3)4;1-12(2,3)11-7-5-10(6-8-11)9-13-16(4,14)15;1-12(2,3)11-7-5-10(6-8-11)9-15(4,13)14/h7-10H,6H2,1-5H3;7-10H,1-6H3;6-9,14H,10H2,1-5H3;2*6-9H,10H2,1-5H3;6-9H,1-5H3;6-9H,1-5H3;5-8,13H,9H2,1-4H3;5-8H,9H2,1-4H3. The molecule has 9 rings (SSSR count). The Bertz CT molecular complexity index is 6160. The van der Waals surface area contributed by atoms with Crippen molar-refractivity contribution in [1.82, 2.24) is 26.7 Å². The van der Waals surface area contributed by atoms with Gasteiger partial charge in [-0.3, -0.25) is 18.8 Å². The number of nitrogens with zero attached hydrogens (tertiary/aromatic N) is 8. The van der Waals surface area contributed by atoms with Gasteiger partial charge in [0.1, 0.15) is 0 Å². The van der Waals surface area contributed by atoms with Gasteiger partial charge in [0.05, 0.1) is 36.3 Å². The van der Waals surface area contributed by atoms with E-state index in [9.17, 15) is 64.9 Å². The molecule has 0 saturated heterocycles. The Kier molecular flexibility index (Phi) is 52.3. The van der Waals surface area contributed by atoms with Gasteiger partial charge >= 0.3 is 16.3 Å². The summed E-state index contributed by atoms with van der Waals surface area (Å²) in [6.45, 7) is 62.2. The Morgan fingerprint density at radius 1 is 0.270 bits per heavy atom. The van der Waals surface area contributed by atoms with Gasteiger partial charge in [0, 0.05) is 134 Å². The molecule has 0 aliphatic carbocycles. The highest BCUT2D eigenvalue weighted by atomic mass is 32.2. The largest absolute Gasteiger partial charge is 0.452 e. The van der Waals surface area contributed by atoms with Gasteiger partial charge in [-0.1, -0.05) is 364 Å².